The van der Waals surface area contributed by atoms with Crippen LogP contribution in [0.2, 0.25) is 0 Å². The van der Waals surface area contributed by atoms with Crippen LogP contribution in [-0.2, 0) is 17.2 Å². The van der Waals surface area contributed by atoms with Gasteiger partial charge < -0.3 is 10.2 Å². The summed E-state index contributed by atoms with van der Waals surface area (Å²) in [6.07, 6.45) is 4.10. The Morgan fingerprint density at radius 2 is 2.00 bits per heavy atom. The number of nitrogens with one attached hydrogen (secondary N) is 1. The number of anilines is 1. The van der Waals surface area contributed by atoms with E-state index in [-0.39, 0.29) is 5.82 Å². The van der Waals surface area contributed by atoms with Crippen molar-refractivity contribution in [2.75, 3.05) is 43.5 Å². The Hall–Kier alpha value is -2.62. The van der Waals surface area contributed by atoms with E-state index < -0.39 is 10.8 Å². The van der Waals surface area contributed by atoms with Gasteiger partial charge in [-0.1, -0.05) is 6.07 Å². The first-order chi connectivity index (χ1) is 16.5. The molecule has 178 valence electrons. The van der Waals surface area contributed by atoms with Crippen molar-refractivity contribution in [2.45, 2.75) is 19.8 Å². The van der Waals surface area contributed by atoms with Crippen molar-refractivity contribution in [3.05, 3.63) is 58.3 Å². The molecule has 1 aliphatic rings. The SMILES string of the molecule is CNc1ccc(-c2ccc3c(CCCN4CCS(=O)CC4)cn(-c4csc(C)n4)c3n2)cc1F. The molecule has 34 heavy (non-hydrogen) atoms. The average Bonchev–Trinajstić information content (AvgIpc) is 3.43. The summed E-state index contributed by atoms with van der Waals surface area (Å²) in [5.41, 5.74) is 4.01. The fourth-order valence-corrected chi connectivity index (χ4v) is 6.15. The summed E-state index contributed by atoms with van der Waals surface area (Å²) in [6.45, 7) is 4.83. The maximum atomic E-state index is 14.4. The summed E-state index contributed by atoms with van der Waals surface area (Å²) in [4.78, 5) is 12.0. The van der Waals surface area contributed by atoms with Gasteiger partial charge in [-0.15, -0.1) is 11.3 Å². The van der Waals surface area contributed by atoms with Gasteiger partial charge in [0.2, 0.25) is 0 Å². The first kappa shape index (κ1) is 23.1. The van der Waals surface area contributed by atoms with Gasteiger partial charge in [-0.25, -0.2) is 14.4 Å². The molecule has 1 aromatic carbocycles. The smallest absolute Gasteiger partial charge is 0.149 e. The Bertz CT molecular complexity index is 1340. The van der Waals surface area contributed by atoms with Crippen molar-refractivity contribution in [1.29, 1.82) is 0 Å². The molecule has 1 fully saturated rings. The van der Waals surface area contributed by atoms with Crippen LogP contribution < -0.4 is 5.32 Å². The van der Waals surface area contributed by atoms with E-state index in [9.17, 15) is 8.60 Å². The van der Waals surface area contributed by atoms with Crippen LogP contribution in [0.5, 0.6) is 0 Å². The zero-order chi connectivity index (χ0) is 23.7. The molecule has 0 saturated carbocycles. The van der Waals surface area contributed by atoms with Crippen LogP contribution in [0.3, 0.4) is 0 Å². The Balaban J connectivity index is 1.46. The molecule has 0 radical (unpaired) electrons. The molecule has 0 unspecified atom stereocenters. The number of aryl methyl sites for hydroxylation is 2. The Morgan fingerprint density at radius 3 is 2.71 bits per heavy atom. The third kappa shape index (κ3) is 4.78. The van der Waals surface area contributed by atoms with Gasteiger partial charge in [0.15, 0.2) is 0 Å². The highest BCUT2D eigenvalue weighted by molar-refractivity contribution is 7.85. The predicted molar refractivity (Wildman–Crippen MR) is 139 cm³/mol. The molecule has 4 aromatic rings. The monoisotopic (exact) mass is 497 g/mol. The number of benzene rings is 1. The van der Waals surface area contributed by atoms with E-state index in [0.29, 0.717) is 5.69 Å². The van der Waals surface area contributed by atoms with Crippen LogP contribution in [0.15, 0.2) is 41.9 Å². The van der Waals surface area contributed by atoms with Crippen molar-refractivity contribution in [2.24, 2.45) is 0 Å². The molecule has 1 aliphatic heterocycles. The summed E-state index contributed by atoms with van der Waals surface area (Å²) in [7, 11) is 1.06. The standard InChI is InChI=1S/C25H28FN5OS2/c1-17-28-24(16-33-17)31-15-19(4-3-9-30-10-12-34(32)13-11-30)20-6-8-22(29-25(20)31)18-5-7-23(27-2)21(26)14-18/h5-8,14-16,27H,3-4,9-13H2,1-2H3. The number of pyridine rings is 1. The second-order valence-electron chi connectivity index (χ2n) is 8.55. The van der Waals surface area contributed by atoms with E-state index in [2.05, 4.69) is 32.0 Å². The van der Waals surface area contributed by atoms with E-state index in [1.54, 1.807) is 24.5 Å². The van der Waals surface area contributed by atoms with Crippen LogP contribution in [0, 0.1) is 12.7 Å². The number of halogens is 1. The summed E-state index contributed by atoms with van der Waals surface area (Å²) in [5, 5.41) is 7.00. The topological polar surface area (TPSA) is 63.1 Å². The second-order valence-corrected chi connectivity index (χ2v) is 11.3. The third-order valence-corrected chi connectivity index (χ3v) is 8.35. The van der Waals surface area contributed by atoms with E-state index in [1.807, 2.05) is 24.4 Å². The van der Waals surface area contributed by atoms with Gasteiger partial charge in [-0.3, -0.25) is 8.78 Å². The molecule has 0 amide bonds. The molecule has 0 atom stereocenters. The number of hydrogen-bond donors (Lipinski definition) is 1. The molecular formula is C25H28FN5OS2. The number of hydrogen-bond acceptors (Lipinski definition) is 6. The minimum Gasteiger partial charge on any atom is -0.386 e. The van der Waals surface area contributed by atoms with E-state index >= 15 is 0 Å². The Labute approximate surface area is 205 Å². The molecule has 9 heteroatoms. The lowest BCUT2D eigenvalue weighted by Crippen LogP contribution is -2.38. The van der Waals surface area contributed by atoms with E-state index in [0.717, 1.165) is 77.1 Å². The highest BCUT2D eigenvalue weighted by Gasteiger charge is 2.17. The van der Waals surface area contributed by atoms with Gasteiger partial charge in [0, 0.05) is 65.0 Å². The Morgan fingerprint density at radius 1 is 1.18 bits per heavy atom. The summed E-state index contributed by atoms with van der Waals surface area (Å²) in [5.74, 6) is 2.13. The van der Waals surface area contributed by atoms with Crippen LogP contribution in [0.4, 0.5) is 10.1 Å². The van der Waals surface area contributed by atoms with Crippen LogP contribution >= 0.6 is 11.3 Å². The lowest BCUT2D eigenvalue weighted by atomic mass is 10.1. The number of fused-ring (bicyclic) bond motifs is 1. The van der Waals surface area contributed by atoms with E-state index in [4.69, 9.17) is 4.98 Å². The Kier molecular flexibility index (Phi) is 6.76. The van der Waals surface area contributed by atoms with Crippen LogP contribution in [0.25, 0.3) is 28.1 Å². The zero-order valence-electron chi connectivity index (χ0n) is 19.4. The summed E-state index contributed by atoms with van der Waals surface area (Å²) in [6, 6.07) is 9.20. The summed E-state index contributed by atoms with van der Waals surface area (Å²) < 4.78 is 28.1. The average molecular weight is 498 g/mol. The van der Waals surface area contributed by atoms with Gasteiger partial charge in [-0.05, 0) is 56.1 Å². The third-order valence-electron chi connectivity index (χ3n) is 6.31. The molecule has 1 N–H and O–H groups in total. The lowest BCUT2D eigenvalue weighted by molar-refractivity contribution is 0.296. The van der Waals surface area contributed by atoms with Gasteiger partial charge in [0.05, 0.1) is 16.4 Å². The normalized spacial score (nSPS) is 15.3. The minimum absolute atomic E-state index is 0.297. The fraction of sp³-hybridized carbons (Fsp3) is 0.360. The fourth-order valence-electron chi connectivity index (χ4n) is 4.44. The summed E-state index contributed by atoms with van der Waals surface area (Å²) >= 11 is 1.61. The van der Waals surface area contributed by atoms with Crippen molar-refractivity contribution < 1.29 is 8.60 Å². The van der Waals surface area contributed by atoms with Gasteiger partial charge in [0.1, 0.15) is 17.3 Å². The highest BCUT2D eigenvalue weighted by atomic mass is 32.2. The molecule has 1 saturated heterocycles. The van der Waals surface area contributed by atoms with Gasteiger partial charge in [-0.2, -0.15) is 0 Å². The van der Waals surface area contributed by atoms with Gasteiger partial charge in [0.25, 0.3) is 0 Å². The van der Waals surface area contributed by atoms with Crippen molar-refractivity contribution in [3.63, 3.8) is 0 Å². The lowest BCUT2D eigenvalue weighted by Gasteiger charge is -2.25. The van der Waals surface area contributed by atoms with Crippen molar-refractivity contribution in [3.8, 4) is 17.1 Å². The maximum Gasteiger partial charge on any atom is 0.149 e. The molecule has 3 aromatic heterocycles. The second kappa shape index (κ2) is 9.93. The largest absolute Gasteiger partial charge is 0.386 e. The molecule has 0 spiro atoms. The van der Waals surface area contributed by atoms with E-state index in [1.165, 1.54) is 11.6 Å². The quantitative estimate of drug-likeness (QED) is 0.403. The van der Waals surface area contributed by atoms with Gasteiger partial charge >= 0.3 is 0 Å². The van der Waals surface area contributed by atoms with Crippen molar-refractivity contribution in [1.82, 2.24) is 19.4 Å². The zero-order valence-corrected chi connectivity index (χ0v) is 21.0. The molecule has 0 aliphatic carbocycles. The number of thiazole rings is 1. The molecule has 5 rings (SSSR count). The first-order valence-corrected chi connectivity index (χ1v) is 13.9. The van der Waals surface area contributed by atoms with Crippen molar-refractivity contribution >= 4 is 38.9 Å². The molecular weight excluding hydrogens is 469 g/mol. The molecule has 4 heterocycles. The minimum atomic E-state index is -0.645. The molecule has 6 nitrogen and oxygen atoms in total. The van der Waals surface area contributed by atoms with Crippen LogP contribution in [-0.4, -0.2) is 61.8 Å². The highest BCUT2D eigenvalue weighted by Crippen LogP contribution is 2.30. The number of nitrogens with zero attached hydrogens (tertiary/aromatic N) is 4. The number of rotatable bonds is 7. The first-order valence-electron chi connectivity index (χ1n) is 11.5. The molecule has 0 bridgehead atoms. The number of aromatic nitrogens is 3. The predicted octanol–water partition coefficient (Wildman–Crippen LogP) is 4.64. The maximum absolute atomic E-state index is 14.4. The van der Waals surface area contributed by atoms with Crippen LogP contribution in [0.1, 0.15) is 17.0 Å².